The molecule has 0 heteroatoms. The smallest absolute Gasteiger partial charge is 0.0228 e. The second kappa shape index (κ2) is 4.86. The lowest BCUT2D eigenvalue weighted by molar-refractivity contribution is 1.14. The summed E-state index contributed by atoms with van der Waals surface area (Å²) in [6, 6.07) is 8.87. The summed E-state index contributed by atoms with van der Waals surface area (Å²) in [6.07, 6.45) is 4.43. The molecule has 0 aromatic heterocycles. The zero-order chi connectivity index (χ0) is 9.68. The first-order valence-electron chi connectivity index (χ1n) is 5.06. The average Bonchev–Trinajstić information content (AvgIpc) is 2.21. The van der Waals surface area contributed by atoms with Crippen LogP contribution in [0.1, 0.15) is 38.3 Å². The van der Waals surface area contributed by atoms with Gasteiger partial charge in [-0.05, 0) is 36.5 Å². The lowest BCUT2D eigenvalue weighted by Gasteiger charge is -2.04. The second-order valence-corrected chi connectivity index (χ2v) is 3.22. The molecule has 0 bridgehead atoms. The number of hydrogen-bond donors (Lipinski definition) is 0. The first kappa shape index (κ1) is 10.0. The minimum absolute atomic E-state index is 1.11. The van der Waals surface area contributed by atoms with Crippen molar-refractivity contribution in [2.24, 2.45) is 0 Å². The summed E-state index contributed by atoms with van der Waals surface area (Å²) < 4.78 is 0. The van der Waals surface area contributed by atoms with Gasteiger partial charge >= 0.3 is 0 Å². The molecule has 0 radical (unpaired) electrons. The van der Waals surface area contributed by atoms with Gasteiger partial charge in [-0.2, -0.15) is 0 Å². The van der Waals surface area contributed by atoms with Crippen molar-refractivity contribution in [1.82, 2.24) is 0 Å². The van der Waals surface area contributed by atoms with E-state index in [9.17, 15) is 0 Å². The first-order chi connectivity index (χ1) is 6.31. The number of rotatable bonds is 3. The Morgan fingerprint density at radius 3 is 2.15 bits per heavy atom. The van der Waals surface area contributed by atoms with Crippen LogP contribution in [0.5, 0.6) is 0 Å². The molecule has 0 amide bonds. The summed E-state index contributed by atoms with van der Waals surface area (Å²) in [6.45, 7) is 6.49. The lowest BCUT2D eigenvalue weighted by Crippen LogP contribution is -1.84. The van der Waals surface area contributed by atoms with Crippen LogP contribution in [0, 0.1) is 0 Å². The third kappa shape index (κ3) is 2.45. The van der Waals surface area contributed by atoms with Crippen molar-refractivity contribution < 1.29 is 0 Å². The topological polar surface area (TPSA) is 0 Å². The maximum Gasteiger partial charge on any atom is -0.0228 e. The van der Waals surface area contributed by atoms with E-state index in [0.717, 1.165) is 12.8 Å². The van der Waals surface area contributed by atoms with Crippen molar-refractivity contribution in [2.45, 2.75) is 33.6 Å². The summed E-state index contributed by atoms with van der Waals surface area (Å²) in [7, 11) is 0. The second-order valence-electron chi connectivity index (χ2n) is 3.22. The van der Waals surface area contributed by atoms with Gasteiger partial charge in [0.1, 0.15) is 0 Å². The molecular weight excluding hydrogens is 156 g/mol. The summed E-state index contributed by atoms with van der Waals surface area (Å²) in [5, 5.41) is 0. The summed E-state index contributed by atoms with van der Waals surface area (Å²) in [5.74, 6) is 0. The molecule has 1 rings (SSSR count). The van der Waals surface area contributed by atoms with Crippen molar-refractivity contribution in [3.8, 4) is 0 Å². The number of allylic oxidation sites excluding steroid dienone is 2. The van der Waals surface area contributed by atoms with Crippen LogP contribution in [0.3, 0.4) is 0 Å². The zero-order valence-electron chi connectivity index (χ0n) is 8.80. The number of benzene rings is 1. The van der Waals surface area contributed by atoms with E-state index in [1.54, 1.807) is 0 Å². The Kier molecular flexibility index (Phi) is 3.75. The van der Waals surface area contributed by atoms with Gasteiger partial charge in [0.05, 0.1) is 0 Å². The highest BCUT2D eigenvalue weighted by molar-refractivity contribution is 5.65. The van der Waals surface area contributed by atoms with Crippen LogP contribution < -0.4 is 0 Å². The van der Waals surface area contributed by atoms with E-state index in [-0.39, 0.29) is 0 Å². The Bertz CT molecular complexity index is 277. The predicted molar refractivity (Wildman–Crippen MR) is 59.8 cm³/mol. The number of aryl methyl sites for hydroxylation is 1. The van der Waals surface area contributed by atoms with E-state index < -0.39 is 0 Å². The van der Waals surface area contributed by atoms with Gasteiger partial charge in [0.2, 0.25) is 0 Å². The van der Waals surface area contributed by atoms with Crippen molar-refractivity contribution >= 4 is 5.57 Å². The van der Waals surface area contributed by atoms with Crippen LogP contribution in [0.25, 0.3) is 5.57 Å². The van der Waals surface area contributed by atoms with Crippen molar-refractivity contribution in [1.29, 1.82) is 0 Å². The molecule has 0 heterocycles. The third-order valence-electron chi connectivity index (χ3n) is 2.46. The van der Waals surface area contributed by atoms with E-state index in [1.807, 2.05) is 0 Å². The van der Waals surface area contributed by atoms with Crippen LogP contribution >= 0.6 is 0 Å². The lowest BCUT2D eigenvalue weighted by atomic mass is 10.0. The Balaban J connectivity index is 2.91. The van der Waals surface area contributed by atoms with Crippen molar-refractivity contribution in [2.75, 3.05) is 0 Å². The van der Waals surface area contributed by atoms with Crippen LogP contribution in [-0.4, -0.2) is 0 Å². The predicted octanol–water partition coefficient (Wildman–Crippen LogP) is 4.06. The van der Waals surface area contributed by atoms with Crippen LogP contribution in [-0.2, 0) is 6.42 Å². The van der Waals surface area contributed by atoms with Gasteiger partial charge < -0.3 is 0 Å². The van der Waals surface area contributed by atoms with Gasteiger partial charge in [-0.15, -0.1) is 0 Å². The highest BCUT2D eigenvalue weighted by Crippen LogP contribution is 2.18. The van der Waals surface area contributed by atoms with Crippen LogP contribution in [0.15, 0.2) is 30.3 Å². The Morgan fingerprint density at radius 1 is 1.15 bits per heavy atom. The van der Waals surface area contributed by atoms with Crippen molar-refractivity contribution in [3.63, 3.8) is 0 Å². The molecule has 0 aliphatic carbocycles. The first-order valence-corrected chi connectivity index (χ1v) is 5.06. The molecule has 0 saturated heterocycles. The molecule has 1 aromatic rings. The molecule has 70 valence electrons. The van der Waals surface area contributed by atoms with E-state index in [2.05, 4.69) is 51.1 Å². The van der Waals surface area contributed by atoms with E-state index in [4.69, 9.17) is 0 Å². The fourth-order valence-electron chi connectivity index (χ4n) is 1.53. The molecule has 0 saturated carbocycles. The molecule has 0 aliphatic heterocycles. The molecule has 1 aromatic carbocycles. The molecule has 0 nitrogen and oxygen atoms in total. The maximum atomic E-state index is 2.22. The third-order valence-corrected chi connectivity index (χ3v) is 2.46. The van der Waals surface area contributed by atoms with E-state index in [0.29, 0.717) is 0 Å². The van der Waals surface area contributed by atoms with E-state index in [1.165, 1.54) is 16.7 Å². The Morgan fingerprint density at radius 2 is 1.77 bits per heavy atom. The van der Waals surface area contributed by atoms with Gasteiger partial charge in [0, 0.05) is 0 Å². The highest BCUT2D eigenvalue weighted by atomic mass is 14.0. The molecule has 0 aliphatic rings. The largest absolute Gasteiger partial charge is 0.0839 e. The Hall–Kier alpha value is -1.04. The SMILES string of the molecule is C/C=C(/CC)c1ccc(CC)cc1. The number of hydrogen-bond acceptors (Lipinski definition) is 0. The minimum atomic E-state index is 1.11. The molecule has 13 heavy (non-hydrogen) atoms. The summed E-state index contributed by atoms with van der Waals surface area (Å²) in [4.78, 5) is 0. The molecule has 0 atom stereocenters. The summed E-state index contributed by atoms with van der Waals surface area (Å²) >= 11 is 0. The molecule has 0 spiro atoms. The maximum absolute atomic E-state index is 2.22. The van der Waals surface area contributed by atoms with Crippen LogP contribution in [0.2, 0.25) is 0 Å². The minimum Gasteiger partial charge on any atom is -0.0839 e. The Labute approximate surface area is 81.3 Å². The molecular formula is C13H18. The zero-order valence-corrected chi connectivity index (χ0v) is 8.80. The highest BCUT2D eigenvalue weighted by Gasteiger charge is 1.96. The van der Waals surface area contributed by atoms with Gasteiger partial charge in [-0.25, -0.2) is 0 Å². The normalized spacial score (nSPS) is 11.8. The molecule has 0 fully saturated rings. The van der Waals surface area contributed by atoms with E-state index >= 15 is 0 Å². The molecule has 0 unspecified atom stereocenters. The fourth-order valence-corrected chi connectivity index (χ4v) is 1.53. The average molecular weight is 174 g/mol. The van der Waals surface area contributed by atoms with Gasteiger partial charge in [-0.1, -0.05) is 44.2 Å². The van der Waals surface area contributed by atoms with Crippen molar-refractivity contribution in [3.05, 3.63) is 41.5 Å². The standard InChI is InChI=1S/C13H18/c1-4-11-7-9-13(10-8-11)12(5-2)6-3/h5,7-10H,4,6H2,1-3H3/b12-5-. The monoisotopic (exact) mass is 174 g/mol. The quantitative estimate of drug-likeness (QED) is 0.648. The fraction of sp³-hybridized carbons (Fsp3) is 0.385. The van der Waals surface area contributed by atoms with Gasteiger partial charge in [0.15, 0.2) is 0 Å². The molecule has 0 N–H and O–H groups in total. The van der Waals surface area contributed by atoms with Gasteiger partial charge in [-0.3, -0.25) is 0 Å². The van der Waals surface area contributed by atoms with Gasteiger partial charge in [0.25, 0.3) is 0 Å². The van der Waals surface area contributed by atoms with Crippen LogP contribution in [0.4, 0.5) is 0 Å². The summed E-state index contributed by atoms with van der Waals surface area (Å²) in [5.41, 5.74) is 4.21.